The van der Waals surface area contributed by atoms with E-state index in [2.05, 4.69) is 26.3 Å². The zero-order valence-corrected chi connectivity index (χ0v) is 13.1. The molecule has 1 aromatic carbocycles. The summed E-state index contributed by atoms with van der Waals surface area (Å²) in [5, 5.41) is 11.5. The van der Waals surface area contributed by atoms with E-state index in [4.69, 9.17) is 11.6 Å². The van der Waals surface area contributed by atoms with Gasteiger partial charge in [0.05, 0.1) is 11.6 Å². The van der Waals surface area contributed by atoms with Crippen LogP contribution in [0.15, 0.2) is 50.5 Å². The molecule has 0 saturated heterocycles. The first-order chi connectivity index (χ1) is 9.60. The van der Waals surface area contributed by atoms with Crippen LogP contribution in [-0.2, 0) is 0 Å². The van der Waals surface area contributed by atoms with Gasteiger partial charge in [0.2, 0.25) is 0 Å². The average Bonchev–Trinajstić information content (AvgIpc) is 2.86. The van der Waals surface area contributed by atoms with Crippen LogP contribution in [0.3, 0.4) is 0 Å². The van der Waals surface area contributed by atoms with Crippen molar-refractivity contribution < 1.29 is 5.11 Å². The second kappa shape index (κ2) is 5.33. The quantitative estimate of drug-likeness (QED) is 0.858. The molecule has 0 amide bonds. The van der Waals surface area contributed by atoms with E-state index in [0.29, 0.717) is 10.9 Å². The molecule has 0 bridgehead atoms. The van der Waals surface area contributed by atoms with Gasteiger partial charge in [0, 0.05) is 10.7 Å². The summed E-state index contributed by atoms with van der Waals surface area (Å²) in [4.78, 5) is 4.62. The minimum Gasteiger partial charge on any atom is -0.392 e. The van der Waals surface area contributed by atoms with Gasteiger partial charge in [0.1, 0.15) is 6.17 Å². The molecule has 2 heterocycles. The third kappa shape index (κ3) is 2.31. The fourth-order valence-corrected chi connectivity index (χ4v) is 2.92. The highest BCUT2D eigenvalue weighted by Gasteiger charge is 2.29. The van der Waals surface area contributed by atoms with Crippen molar-refractivity contribution in [2.75, 3.05) is 6.61 Å². The number of fused-ring (bicyclic) bond motifs is 1. The Hall–Kier alpha value is -1.14. The van der Waals surface area contributed by atoms with Crippen LogP contribution in [0, 0.1) is 6.92 Å². The predicted octanol–water partition coefficient (Wildman–Crippen LogP) is 2.99. The van der Waals surface area contributed by atoms with Gasteiger partial charge in [-0.1, -0.05) is 39.7 Å². The molecular formula is C14H13BrClN3O. The lowest BCUT2D eigenvalue weighted by Crippen LogP contribution is -2.35. The smallest absolute Gasteiger partial charge is 0.163 e. The molecule has 3 rings (SSSR count). The van der Waals surface area contributed by atoms with Crippen molar-refractivity contribution in [3.05, 3.63) is 56.7 Å². The third-order valence-corrected chi connectivity index (χ3v) is 4.49. The molecule has 0 aromatic heterocycles. The van der Waals surface area contributed by atoms with E-state index in [1.165, 1.54) is 0 Å². The lowest BCUT2D eigenvalue weighted by molar-refractivity contribution is 0.325. The third-order valence-electron chi connectivity index (χ3n) is 3.35. The Balaban J connectivity index is 1.96. The highest BCUT2D eigenvalue weighted by molar-refractivity contribution is 9.10. The van der Waals surface area contributed by atoms with Gasteiger partial charge in [-0.2, -0.15) is 5.43 Å². The molecule has 2 N–H and O–H groups in total. The molecule has 2 aliphatic rings. The van der Waals surface area contributed by atoms with Gasteiger partial charge in [-0.15, -0.1) is 0 Å². The SMILES string of the molecule is Cc1c(Br)cccc1C1N=C2C(Cl)=CC(CO)=CN2N1. The number of halogens is 2. The van der Waals surface area contributed by atoms with Crippen LogP contribution in [0.2, 0.25) is 0 Å². The van der Waals surface area contributed by atoms with Crippen LogP contribution >= 0.6 is 27.5 Å². The Labute approximate surface area is 130 Å². The molecular weight excluding hydrogens is 342 g/mol. The minimum absolute atomic E-state index is 0.0533. The minimum atomic E-state index is -0.182. The summed E-state index contributed by atoms with van der Waals surface area (Å²) in [7, 11) is 0. The van der Waals surface area contributed by atoms with Crippen molar-refractivity contribution in [3.8, 4) is 0 Å². The Bertz CT molecular complexity index is 654. The van der Waals surface area contributed by atoms with Gasteiger partial charge in [-0.05, 0) is 35.8 Å². The average molecular weight is 355 g/mol. The first-order valence-electron chi connectivity index (χ1n) is 6.17. The van der Waals surface area contributed by atoms with Crippen molar-refractivity contribution in [1.29, 1.82) is 0 Å². The molecule has 2 aliphatic heterocycles. The highest BCUT2D eigenvalue weighted by atomic mass is 79.9. The van der Waals surface area contributed by atoms with Gasteiger partial charge in [0.15, 0.2) is 5.84 Å². The Morgan fingerprint density at radius 3 is 3.05 bits per heavy atom. The number of amidine groups is 1. The number of nitrogens with one attached hydrogen (secondary N) is 1. The Morgan fingerprint density at radius 1 is 1.50 bits per heavy atom. The maximum Gasteiger partial charge on any atom is 0.163 e. The Morgan fingerprint density at radius 2 is 2.30 bits per heavy atom. The molecule has 6 heteroatoms. The van der Waals surface area contributed by atoms with Gasteiger partial charge in [0.25, 0.3) is 0 Å². The number of hydrogen-bond donors (Lipinski definition) is 2. The number of aliphatic hydroxyl groups excluding tert-OH is 1. The fraction of sp³-hybridized carbons (Fsp3) is 0.214. The molecule has 1 unspecified atom stereocenters. The van der Waals surface area contributed by atoms with E-state index >= 15 is 0 Å². The van der Waals surface area contributed by atoms with Crippen LogP contribution in [0.4, 0.5) is 0 Å². The number of aliphatic hydroxyl groups is 1. The topological polar surface area (TPSA) is 47.9 Å². The largest absolute Gasteiger partial charge is 0.392 e. The van der Waals surface area contributed by atoms with Crippen molar-refractivity contribution in [2.24, 2.45) is 4.99 Å². The maximum atomic E-state index is 9.22. The molecule has 4 nitrogen and oxygen atoms in total. The Kier molecular flexibility index (Phi) is 3.69. The summed E-state index contributed by atoms with van der Waals surface area (Å²) in [6.07, 6.45) is 3.35. The van der Waals surface area contributed by atoms with Gasteiger partial charge >= 0.3 is 0 Å². The van der Waals surface area contributed by atoms with E-state index in [0.717, 1.165) is 21.2 Å². The normalized spacial score (nSPS) is 21.3. The molecule has 0 aliphatic carbocycles. The molecule has 0 spiro atoms. The molecule has 0 saturated carbocycles. The zero-order chi connectivity index (χ0) is 14.3. The van der Waals surface area contributed by atoms with E-state index in [-0.39, 0.29) is 12.8 Å². The lowest BCUT2D eigenvalue weighted by atomic mass is 10.1. The number of aliphatic imine (C=N–C) groups is 1. The molecule has 1 aromatic rings. The van der Waals surface area contributed by atoms with E-state index in [1.807, 2.05) is 25.1 Å². The van der Waals surface area contributed by atoms with Gasteiger partial charge in [-0.3, -0.25) is 5.01 Å². The number of rotatable bonds is 2. The standard InChI is InChI=1S/C14H13BrClN3O/c1-8-10(3-2-4-11(8)15)13-17-14-12(16)5-9(7-20)6-19(14)18-13/h2-6,13,18,20H,7H2,1H3. The van der Waals surface area contributed by atoms with Crippen LogP contribution in [0.25, 0.3) is 0 Å². The van der Waals surface area contributed by atoms with Crippen LogP contribution in [0.1, 0.15) is 17.3 Å². The maximum absolute atomic E-state index is 9.22. The molecule has 104 valence electrons. The zero-order valence-electron chi connectivity index (χ0n) is 10.8. The molecule has 0 radical (unpaired) electrons. The van der Waals surface area contributed by atoms with Crippen LogP contribution < -0.4 is 5.43 Å². The summed E-state index contributed by atoms with van der Waals surface area (Å²) in [6, 6.07) is 6.03. The summed E-state index contributed by atoms with van der Waals surface area (Å²) in [5.74, 6) is 0.674. The van der Waals surface area contributed by atoms with Crippen LogP contribution in [-0.4, -0.2) is 22.6 Å². The fourth-order valence-electron chi connectivity index (χ4n) is 2.26. The summed E-state index contributed by atoms with van der Waals surface area (Å²) < 4.78 is 1.05. The first kappa shape index (κ1) is 13.8. The molecule has 0 fully saturated rings. The second-order valence-corrected chi connectivity index (χ2v) is 5.92. The molecule has 1 atom stereocenters. The van der Waals surface area contributed by atoms with Crippen LogP contribution in [0.5, 0.6) is 0 Å². The first-order valence-corrected chi connectivity index (χ1v) is 7.34. The van der Waals surface area contributed by atoms with Crippen molar-refractivity contribution in [3.63, 3.8) is 0 Å². The predicted molar refractivity (Wildman–Crippen MR) is 83.1 cm³/mol. The number of nitrogens with zero attached hydrogens (tertiary/aromatic N) is 2. The lowest BCUT2D eigenvalue weighted by Gasteiger charge is -2.22. The highest BCUT2D eigenvalue weighted by Crippen LogP contribution is 2.31. The molecule has 20 heavy (non-hydrogen) atoms. The summed E-state index contributed by atoms with van der Waals surface area (Å²) in [6.45, 7) is 1.99. The monoisotopic (exact) mass is 353 g/mol. The number of hydrogen-bond acceptors (Lipinski definition) is 4. The summed E-state index contributed by atoms with van der Waals surface area (Å²) >= 11 is 9.73. The van der Waals surface area contributed by atoms with Gasteiger partial charge in [-0.25, -0.2) is 4.99 Å². The number of benzene rings is 1. The number of hydrazine groups is 1. The van der Waals surface area contributed by atoms with Crippen molar-refractivity contribution >= 4 is 33.4 Å². The summed E-state index contributed by atoms with van der Waals surface area (Å²) in [5.41, 5.74) is 6.24. The second-order valence-electron chi connectivity index (χ2n) is 4.66. The van der Waals surface area contributed by atoms with E-state index in [9.17, 15) is 5.11 Å². The van der Waals surface area contributed by atoms with Crippen molar-refractivity contribution in [2.45, 2.75) is 13.1 Å². The van der Waals surface area contributed by atoms with E-state index < -0.39 is 0 Å². The van der Waals surface area contributed by atoms with Crippen molar-refractivity contribution in [1.82, 2.24) is 10.4 Å². The van der Waals surface area contributed by atoms with E-state index in [1.54, 1.807) is 17.3 Å². The van der Waals surface area contributed by atoms with Gasteiger partial charge < -0.3 is 5.11 Å².